The van der Waals surface area contributed by atoms with Gasteiger partial charge in [0, 0.05) is 5.70 Å². The number of allylic oxidation sites excluding steroid dienone is 1. The van der Waals surface area contributed by atoms with E-state index in [1.54, 1.807) is 6.92 Å². The molecule has 136 valence electrons. The Balaban J connectivity index is 2.49. The number of carbonyl (C=O) groups excluding carboxylic acids is 1. The number of rotatable bonds is 4. The summed E-state index contributed by atoms with van der Waals surface area (Å²) in [6, 6.07) is 4.07. The van der Waals surface area contributed by atoms with Crippen LogP contribution in [0.4, 0.5) is 13.2 Å². The molecule has 25 heavy (non-hydrogen) atoms. The summed E-state index contributed by atoms with van der Waals surface area (Å²) in [5.74, 6) is -0.563. The topological polar surface area (TPSA) is 50.4 Å². The molecular formula is C17H19F3N2O2S. The zero-order valence-corrected chi connectivity index (χ0v) is 14.8. The molecule has 0 radical (unpaired) electrons. The van der Waals surface area contributed by atoms with E-state index in [2.05, 4.69) is 10.6 Å². The second kappa shape index (κ2) is 7.43. The summed E-state index contributed by atoms with van der Waals surface area (Å²) in [5.41, 5.74) is -0.431. The zero-order chi connectivity index (χ0) is 18.8. The first-order chi connectivity index (χ1) is 11.6. The van der Waals surface area contributed by atoms with Crippen LogP contribution < -0.4 is 10.6 Å². The van der Waals surface area contributed by atoms with Gasteiger partial charge in [-0.15, -0.1) is 0 Å². The molecule has 0 fully saturated rings. The molecule has 1 aliphatic rings. The molecule has 0 amide bonds. The van der Waals surface area contributed by atoms with Gasteiger partial charge in [-0.1, -0.05) is 32.0 Å². The highest BCUT2D eigenvalue weighted by Gasteiger charge is 2.39. The lowest BCUT2D eigenvalue weighted by atomic mass is 9.92. The van der Waals surface area contributed by atoms with Crippen LogP contribution in [0.5, 0.6) is 0 Å². The van der Waals surface area contributed by atoms with Crippen molar-refractivity contribution in [3.8, 4) is 0 Å². The Kier molecular flexibility index (Phi) is 5.72. The minimum absolute atomic E-state index is 0.0744. The lowest BCUT2D eigenvalue weighted by molar-refractivity contribution is -0.142. The third kappa shape index (κ3) is 4.50. The monoisotopic (exact) mass is 372 g/mol. The van der Waals surface area contributed by atoms with Crippen LogP contribution in [0.25, 0.3) is 0 Å². The fourth-order valence-electron chi connectivity index (χ4n) is 2.52. The van der Waals surface area contributed by atoms with Crippen molar-refractivity contribution in [2.24, 2.45) is 5.92 Å². The van der Waals surface area contributed by atoms with Gasteiger partial charge >= 0.3 is 12.1 Å². The highest BCUT2D eigenvalue weighted by atomic mass is 32.1. The Morgan fingerprint density at radius 3 is 2.56 bits per heavy atom. The first kappa shape index (κ1) is 19.2. The number of ether oxygens (including phenoxy) is 1. The van der Waals surface area contributed by atoms with Gasteiger partial charge in [-0.05, 0) is 36.7 Å². The highest BCUT2D eigenvalue weighted by Crippen LogP contribution is 2.38. The molecular weight excluding hydrogens is 353 g/mol. The predicted octanol–water partition coefficient (Wildman–Crippen LogP) is 3.70. The number of hydrogen-bond donors (Lipinski definition) is 2. The molecule has 0 spiro atoms. The molecule has 0 saturated carbocycles. The van der Waals surface area contributed by atoms with Crippen molar-refractivity contribution in [2.45, 2.75) is 33.0 Å². The van der Waals surface area contributed by atoms with Crippen molar-refractivity contribution in [1.82, 2.24) is 10.6 Å². The summed E-state index contributed by atoms with van der Waals surface area (Å²) in [6.07, 6.45) is -4.55. The van der Waals surface area contributed by atoms with Crippen molar-refractivity contribution < 1.29 is 22.7 Å². The summed E-state index contributed by atoms with van der Waals surface area (Å²) in [4.78, 5) is 12.5. The Labute approximate surface area is 149 Å². The fourth-order valence-corrected chi connectivity index (χ4v) is 2.80. The number of carbonyl (C=O) groups is 1. The van der Waals surface area contributed by atoms with Crippen LogP contribution in [0.2, 0.25) is 0 Å². The number of hydrogen-bond acceptors (Lipinski definition) is 3. The lowest BCUT2D eigenvalue weighted by Crippen LogP contribution is -2.45. The minimum Gasteiger partial charge on any atom is -0.462 e. The summed E-state index contributed by atoms with van der Waals surface area (Å²) in [7, 11) is 0. The molecule has 1 heterocycles. The number of alkyl halides is 3. The Morgan fingerprint density at radius 1 is 1.32 bits per heavy atom. The molecule has 1 unspecified atom stereocenters. The molecule has 1 aromatic carbocycles. The van der Waals surface area contributed by atoms with Crippen LogP contribution in [-0.4, -0.2) is 17.7 Å². The van der Waals surface area contributed by atoms with Crippen LogP contribution in [0.15, 0.2) is 35.5 Å². The maximum atomic E-state index is 13.4. The molecule has 0 aliphatic carbocycles. The molecule has 1 atom stereocenters. The molecule has 4 nitrogen and oxygen atoms in total. The maximum absolute atomic E-state index is 13.4. The van der Waals surface area contributed by atoms with Gasteiger partial charge in [0.2, 0.25) is 0 Å². The summed E-state index contributed by atoms with van der Waals surface area (Å²) in [5, 5.41) is 5.68. The van der Waals surface area contributed by atoms with Gasteiger partial charge < -0.3 is 15.4 Å². The van der Waals surface area contributed by atoms with E-state index in [-0.39, 0.29) is 28.8 Å². The van der Waals surface area contributed by atoms with Gasteiger partial charge in [-0.25, -0.2) is 4.79 Å². The summed E-state index contributed by atoms with van der Waals surface area (Å²) < 4.78 is 45.3. The highest BCUT2D eigenvalue weighted by molar-refractivity contribution is 7.80. The number of halogens is 3. The average Bonchev–Trinajstić information content (AvgIpc) is 2.51. The Hall–Kier alpha value is -2.09. The van der Waals surface area contributed by atoms with Gasteiger partial charge in [0.05, 0.1) is 23.8 Å². The van der Waals surface area contributed by atoms with Crippen LogP contribution >= 0.6 is 12.2 Å². The summed E-state index contributed by atoms with van der Waals surface area (Å²) >= 11 is 5.05. The Bertz CT molecular complexity index is 714. The first-order valence-corrected chi connectivity index (χ1v) is 8.13. The van der Waals surface area contributed by atoms with Crippen LogP contribution in [-0.2, 0) is 15.7 Å². The van der Waals surface area contributed by atoms with Crippen LogP contribution in [0.3, 0.4) is 0 Å². The second-order valence-corrected chi connectivity index (χ2v) is 6.56. The molecule has 0 saturated heterocycles. The van der Waals surface area contributed by atoms with Crippen molar-refractivity contribution in [2.75, 3.05) is 6.61 Å². The quantitative estimate of drug-likeness (QED) is 0.624. The third-order valence-corrected chi connectivity index (χ3v) is 3.83. The van der Waals surface area contributed by atoms with Gasteiger partial charge in [-0.3, -0.25) is 0 Å². The Morgan fingerprint density at radius 2 is 1.96 bits per heavy atom. The standard InChI is InChI=1S/C17H19F3N2O2S/c1-9(2)8-24-15(23)13-10(3)21-16(25)22-14(13)11-6-4-5-7-12(11)17(18,19)20/h4-7,9,14H,8H2,1-3H3,(H2,21,22,25). The smallest absolute Gasteiger partial charge is 0.416 e. The van der Waals surface area contributed by atoms with Crippen molar-refractivity contribution in [1.29, 1.82) is 0 Å². The molecule has 0 bridgehead atoms. The van der Waals surface area contributed by atoms with Crippen molar-refractivity contribution in [3.05, 3.63) is 46.7 Å². The SMILES string of the molecule is CC1=C(C(=O)OCC(C)C)C(c2ccccc2C(F)(F)F)NC(=S)N1. The first-order valence-electron chi connectivity index (χ1n) is 7.72. The van der Waals surface area contributed by atoms with Gasteiger partial charge in [0.15, 0.2) is 5.11 Å². The molecule has 8 heteroatoms. The number of nitrogens with one attached hydrogen (secondary N) is 2. The zero-order valence-electron chi connectivity index (χ0n) is 14.0. The predicted molar refractivity (Wildman–Crippen MR) is 91.6 cm³/mol. The minimum atomic E-state index is -4.55. The number of thiocarbonyl (C=S) groups is 1. The van der Waals surface area contributed by atoms with Gasteiger partial charge in [0.25, 0.3) is 0 Å². The van der Waals surface area contributed by atoms with E-state index in [0.29, 0.717) is 5.70 Å². The number of benzene rings is 1. The molecule has 0 aromatic heterocycles. The summed E-state index contributed by atoms with van der Waals surface area (Å²) in [6.45, 7) is 5.50. The molecule has 2 N–H and O–H groups in total. The van der Waals surface area contributed by atoms with Crippen molar-refractivity contribution >= 4 is 23.3 Å². The maximum Gasteiger partial charge on any atom is 0.416 e. The average molecular weight is 372 g/mol. The normalized spacial score (nSPS) is 18.0. The van der Waals surface area contributed by atoms with E-state index in [0.717, 1.165) is 6.07 Å². The molecule has 1 aliphatic heterocycles. The molecule has 1 aromatic rings. The number of esters is 1. The molecule has 2 rings (SSSR count). The van der Waals surface area contributed by atoms with Crippen LogP contribution in [0, 0.1) is 5.92 Å². The largest absolute Gasteiger partial charge is 0.462 e. The second-order valence-electron chi connectivity index (χ2n) is 6.15. The van der Waals surface area contributed by atoms with E-state index in [1.807, 2.05) is 13.8 Å². The van der Waals surface area contributed by atoms with Gasteiger partial charge in [0.1, 0.15) is 0 Å². The van der Waals surface area contributed by atoms with E-state index < -0.39 is 23.8 Å². The fraction of sp³-hybridized carbons (Fsp3) is 0.412. The van der Waals surface area contributed by atoms with Crippen molar-refractivity contribution in [3.63, 3.8) is 0 Å². The van der Waals surface area contributed by atoms with E-state index in [9.17, 15) is 18.0 Å². The van der Waals surface area contributed by atoms with E-state index in [4.69, 9.17) is 17.0 Å². The van der Waals surface area contributed by atoms with Crippen LogP contribution in [0.1, 0.15) is 37.9 Å². The van der Waals surface area contributed by atoms with E-state index in [1.165, 1.54) is 18.2 Å². The van der Waals surface area contributed by atoms with E-state index >= 15 is 0 Å². The van der Waals surface area contributed by atoms with Gasteiger partial charge in [-0.2, -0.15) is 13.2 Å². The lowest BCUT2D eigenvalue weighted by Gasteiger charge is -2.31. The third-order valence-electron chi connectivity index (χ3n) is 3.61.